The van der Waals surface area contributed by atoms with Gasteiger partial charge in [-0.15, -0.1) is 0 Å². The van der Waals surface area contributed by atoms with Crippen LogP contribution in [0, 0.1) is 5.82 Å². The standard InChI is InChI=1S/C14H23FN2/c1-4-8-17(9-5-2)14-7-6-12(15)10-13(14)11(3)16/h6-7,10-11H,4-5,8-9,16H2,1-3H3/t11-/m0/s1. The van der Waals surface area contributed by atoms with Gasteiger partial charge >= 0.3 is 0 Å². The minimum absolute atomic E-state index is 0.142. The van der Waals surface area contributed by atoms with E-state index in [4.69, 9.17) is 5.73 Å². The molecule has 1 aromatic rings. The second-order valence-electron chi connectivity index (χ2n) is 4.48. The summed E-state index contributed by atoms with van der Waals surface area (Å²) < 4.78 is 13.3. The molecular weight excluding hydrogens is 215 g/mol. The van der Waals surface area contributed by atoms with Gasteiger partial charge in [0, 0.05) is 24.8 Å². The van der Waals surface area contributed by atoms with Crippen LogP contribution in [0.15, 0.2) is 18.2 Å². The number of nitrogens with two attached hydrogens (primary N) is 1. The van der Waals surface area contributed by atoms with Crippen molar-refractivity contribution in [1.82, 2.24) is 0 Å². The van der Waals surface area contributed by atoms with Gasteiger partial charge in [0.2, 0.25) is 0 Å². The number of hydrogen-bond donors (Lipinski definition) is 1. The van der Waals surface area contributed by atoms with Gasteiger partial charge in [-0.1, -0.05) is 13.8 Å². The van der Waals surface area contributed by atoms with E-state index in [9.17, 15) is 4.39 Å². The molecule has 17 heavy (non-hydrogen) atoms. The number of halogens is 1. The molecule has 0 aromatic heterocycles. The van der Waals surface area contributed by atoms with Crippen molar-refractivity contribution in [3.63, 3.8) is 0 Å². The van der Waals surface area contributed by atoms with Crippen molar-refractivity contribution < 1.29 is 4.39 Å². The fourth-order valence-corrected chi connectivity index (χ4v) is 2.07. The van der Waals surface area contributed by atoms with Crippen LogP contribution in [0.1, 0.15) is 45.2 Å². The second kappa shape index (κ2) is 6.60. The van der Waals surface area contributed by atoms with Crippen LogP contribution in [-0.2, 0) is 0 Å². The molecule has 0 aliphatic rings. The fraction of sp³-hybridized carbons (Fsp3) is 0.571. The molecule has 0 aliphatic carbocycles. The lowest BCUT2D eigenvalue weighted by Crippen LogP contribution is -2.27. The van der Waals surface area contributed by atoms with Gasteiger partial charge in [-0.2, -0.15) is 0 Å². The van der Waals surface area contributed by atoms with Crippen molar-refractivity contribution in [3.8, 4) is 0 Å². The monoisotopic (exact) mass is 238 g/mol. The molecule has 2 N–H and O–H groups in total. The van der Waals surface area contributed by atoms with Crippen LogP contribution in [0.4, 0.5) is 10.1 Å². The highest BCUT2D eigenvalue weighted by atomic mass is 19.1. The van der Waals surface area contributed by atoms with Crippen LogP contribution in [0.25, 0.3) is 0 Å². The first kappa shape index (κ1) is 14.0. The van der Waals surface area contributed by atoms with E-state index in [0.717, 1.165) is 37.2 Å². The number of benzene rings is 1. The van der Waals surface area contributed by atoms with E-state index in [1.54, 1.807) is 6.07 Å². The smallest absolute Gasteiger partial charge is 0.123 e. The highest BCUT2D eigenvalue weighted by Gasteiger charge is 2.13. The van der Waals surface area contributed by atoms with E-state index in [1.165, 1.54) is 6.07 Å². The first-order valence-corrected chi connectivity index (χ1v) is 6.40. The molecule has 0 radical (unpaired) electrons. The maximum Gasteiger partial charge on any atom is 0.123 e. The summed E-state index contributed by atoms with van der Waals surface area (Å²) >= 11 is 0. The van der Waals surface area contributed by atoms with Gasteiger partial charge in [-0.05, 0) is 43.5 Å². The van der Waals surface area contributed by atoms with E-state index < -0.39 is 0 Å². The molecule has 0 amide bonds. The molecule has 0 heterocycles. The third kappa shape index (κ3) is 3.70. The highest BCUT2D eigenvalue weighted by Crippen LogP contribution is 2.26. The zero-order chi connectivity index (χ0) is 12.8. The van der Waals surface area contributed by atoms with Crippen molar-refractivity contribution in [2.75, 3.05) is 18.0 Å². The van der Waals surface area contributed by atoms with E-state index in [0.29, 0.717) is 0 Å². The van der Waals surface area contributed by atoms with Crippen molar-refractivity contribution >= 4 is 5.69 Å². The molecule has 2 nitrogen and oxygen atoms in total. The average Bonchev–Trinajstić information content (AvgIpc) is 2.28. The quantitative estimate of drug-likeness (QED) is 0.822. The summed E-state index contributed by atoms with van der Waals surface area (Å²) in [7, 11) is 0. The third-order valence-corrected chi connectivity index (χ3v) is 2.81. The molecule has 0 bridgehead atoms. The Morgan fingerprint density at radius 2 is 1.82 bits per heavy atom. The summed E-state index contributed by atoms with van der Waals surface area (Å²) in [4.78, 5) is 2.29. The topological polar surface area (TPSA) is 29.3 Å². The first-order chi connectivity index (χ1) is 8.10. The van der Waals surface area contributed by atoms with Gasteiger partial charge in [0.15, 0.2) is 0 Å². The number of anilines is 1. The van der Waals surface area contributed by atoms with Crippen molar-refractivity contribution in [1.29, 1.82) is 0 Å². The van der Waals surface area contributed by atoms with Gasteiger partial charge in [0.25, 0.3) is 0 Å². The Kier molecular flexibility index (Phi) is 5.42. The first-order valence-electron chi connectivity index (χ1n) is 6.40. The van der Waals surface area contributed by atoms with Crippen LogP contribution >= 0.6 is 0 Å². The lowest BCUT2D eigenvalue weighted by molar-refractivity contribution is 0.620. The third-order valence-electron chi connectivity index (χ3n) is 2.81. The lowest BCUT2D eigenvalue weighted by atomic mass is 10.1. The Hall–Kier alpha value is -1.09. The van der Waals surface area contributed by atoms with E-state index in [2.05, 4.69) is 18.7 Å². The molecule has 1 atom stereocenters. The molecule has 0 saturated heterocycles. The summed E-state index contributed by atoms with van der Waals surface area (Å²) in [6, 6.07) is 4.77. The molecule has 0 saturated carbocycles. The van der Waals surface area contributed by atoms with Crippen molar-refractivity contribution in [2.24, 2.45) is 5.73 Å². The molecule has 0 unspecified atom stereocenters. The second-order valence-corrected chi connectivity index (χ2v) is 4.48. The predicted molar refractivity (Wildman–Crippen MR) is 71.8 cm³/mol. The molecule has 1 aromatic carbocycles. The normalized spacial score (nSPS) is 12.5. The van der Waals surface area contributed by atoms with Gasteiger partial charge in [-0.3, -0.25) is 0 Å². The Morgan fingerprint density at radius 1 is 1.24 bits per heavy atom. The summed E-state index contributed by atoms with van der Waals surface area (Å²) in [5.74, 6) is -0.214. The summed E-state index contributed by atoms with van der Waals surface area (Å²) in [5.41, 5.74) is 7.89. The Balaban J connectivity index is 3.07. The van der Waals surface area contributed by atoms with E-state index in [-0.39, 0.29) is 11.9 Å². The Bertz CT molecular complexity index is 344. The minimum Gasteiger partial charge on any atom is -0.371 e. The molecular formula is C14H23FN2. The highest BCUT2D eigenvalue weighted by molar-refractivity contribution is 5.55. The van der Waals surface area contributed by atoms with Gasteiger partial charge < -0.3 is 10.6 Å². The zero-order valence-corrected chi connectivity index (χ0v) is 11.0. The van der Waals surface area contributed by atoms with Crippen molar-refractivity contribution in [2.45, 2.75) is 39.7 Å². The number of hydrogen-bond acceptors (Lipinski definition) is 2. The maximum absolute atomic E-state index is 13.3. The minimum atomic E-state index is -0.214. The van der Waals surface area contributed by atoms with Gasteiger partial charge in [0.05, 0.1) is 0 Å². The van der Waals surface area contributed by atoms with Crippen LogP contribution in [0.3, 0.4) is 0 Å². The van der Waals surface area contributed by atoms with Gasteiger partial charge in [0.1, 0.15) is 5.82 Å². The average molecular weight is 238 g/mol. The maximum atomic E-state index is 13.3. The molecule has 0 spiro atoms. The Morgan fingerprint density at radius 3 is 2.29 bits per heavy atom. The van der Waals surface area contributed by atoms with Crippen LogP contribution in [0.2, 0.25) is 0 Å². The molecule has 0 fully saturated rings. The van der Waals surface area contributed by atoms with Crippen LogP contribution in [-0.4, -0.2) is 13.1 Å². The van der Waals surface area contributed by atoms with E-state index >= 15 is 0 Å². The van der Waals surface area contributed by atoms with E-state index in [1.807, 2.05) is 13.0 Å². The molecule has 3 heteroatoms. The van der Waals surface area contributed by atoms with Crippen LogP contribution in [0.5, 0.6) is 0 Å². The number of nitrogens with zero attached hydrogens (tertiary/aromatic N) is 1. The largest absolute Gasteiger partial charge is 0.371 e. The SMILES string of the molecule is CCCN(CCC)c1ccc(F)cc1[C@H](C)N. The Labute approximate surface area is 104 Å². The molecule has 96 valence electrons. The summed E-state index contributed by atoms with van der Waals surface area (Å²) in [6.07, 6.45) is 2.16. The van der Waals surface area contributed by atoms with Crippen LogP contribution < -0.4 is 10.6 Å². The van der Waals surface area contributed by atoms with Crippen molar-refractivity contribution in [3.05, 3.63) is 29.6 Å². The molecule has 1 rings (SSSR count). The van der Waals surface area contributed by atoms with Gasteiger partial charge in [-0.25, -0.2) is 4.39 Å². The number of rotatable bonds is 6. The fourth-order valence-electron chi connectivity index (χ4n) is 2.07. The predicted octanol–water partition coefficient (Wildman–Crippen LogP) is 3.47. The summed E-state index contributed by atoms with van der Waals surface area (Å²) in [5, 5.41) is 0. The molecule has 0 aliphatic heterocycles. The zero-order valence-electron chi connectivity index (χ0n) is 11.0. The lowest BCUT2D eigenvalue weighted by Gasteiger charge is -2.27. The summed E-state index contributed by atoms with van der Waals surface area (Å²) in [6.45, 7) is 8.17.